The molecule has 0 amide bonds. The molecular formula is C16H19ClO5. The normalized spacial score (nSPS) is 10.7. The van der Waals surface area contributed by atoms with Gasteiger partial charge in [0.15, 0.2) is 17.3 Å². The second-order valence-corrected chi connectivity index (χ2v) is 4.92. The molecule has 1 aromatic rings. The lowest BCUT2D eigenvalue weighted by Gasteiger charge is -2.14. The van der Waals surface area contributed by atoms with E-state index in [9.17, 15) is 9.59 Å². The number of benzene rings is 1. The molecule has 1 rings (SSSR count). The van der Waals surface area contributed by atoms with Crippen molar-refractivity contribution in [1.82, 2.24) is 0 Å². The molecule has 0 aromatic heterocycles. The van der Waals surface area contributed by atoms with Crippen LogP contribution in [0.2, 0.25) is 5.02 Å². The van der Waals surface area contributed by atoms with Crippen molar-refractivity contribution in [3.63, 3.8) is 0 Å². The van der Waals surface area contributed by atoms with Crippen LogP contribution in [-0.4, -0.2) is 30.1 Å². The maximum Gasteiger partial charge on any atom is 0.328 e. The molecule has 1 N–H and O–H groups in total. The highest BCUT2D eigenvalue weighted by Crippen LogP contribution is 2.34. The molecule has 22 heavy (non-hydrogen) atoms. The summed E-state index contributed by atoms with van der Waals surface area (Å²) < 4.78 is 11.1. The number of hydrogen-bond donors (Lipinski definition) is 1. The predicted molar refractivity (Wildman–Crippen MR) is 84.1 cm³/mol. The van der Waals surface area contributed by atoms with Crippen LogP contribution in [0.4, 0.5) is 0 Å². The summed E-state index contributed by atoms with van der Waals surface area (Å²) >= 11 is 6.09. The van der Waals surface area contributed by atoms with Gasteiger partial charge in [-0.05, 0) is 25.0 Å². The van der Waals surface area contributed by atoms with E-state index in [1.165, 1.54) is 12.1 Å². The predicted octanol–water partition coefficient (Wildman–Crippen LogP) is 3.74. The first-order chi connectivity index (χ1) is 10.5. The third kappa shape index (κ3) is 5.41. The molecule has 0 unspecified atom stereocenters. The fraction of sp³-hybridized carbons (Fsp3) is 0.375. The van der Waals surface area contributed by atoms with E-state index in [1.807, 2.05) is 13.8 Å². The molecule has 120 valence electrons. The van der Waals surface area contributed by atoms with Gasteiger partial charge in [-0.2, -0.15) is 0 Å². The average Bonchev–Trinajstić information content (AvgIpc) is 2.49. The Balaban J connectivity index is 3.12. The van der Waals surface area contributed by atoms with Crippen LogP contribution in [0.25, 0.3) is 0 Å². The number of carbonyl (C=O) groups excluding carboxylic acids is 1. The molecule has 0 saturated carbocycles. The summed E-state index contributed by atoms with van der Waals surface area (Å²) in [5.41, 5.74) is 0.175. The second-order valence-electron chi connectivity index (χ2n) is 4.51. The first-order valence-corrected chi connectivity index (χ1v) is 7.41. The van der Waals surface area contributed by atoms with Crippen LogP contribution in [0.15, 0.2) is 24.3 Å². The highest BCUT2D eigenvalue weighted by atomic mass is 35.5. The maximum atomic E-state index is 12.0. The SMILES string of the molecule is CCCOc1cc(Cl)c(C(=O)/C=C/C(=O)O)cc1OCCC. The zero-order valence-electron chi connectivity index (χ0n) is 12.6. The van der Waals surface area contributed by atoms with Gasteiger partial charge >= 0.3 is 5.97 Å². The summed E-state index contributed by atoms with van der Waals surface area (Å²) in [5, 5.41) is 8.76. The molecule has 0 saturated heterocycles. The van der Waals surface area contributed by atoms with Gasteiger partial charge in [-0.1, -0.05) is 25.4 Å². The number of carboxylic acid groups (broad SMARTS) is 1. The van der Waals surface area contributed by atoms with E-state index in [-0.39, 0.29) is 10.6 Å². The molecule has 0 radical (unpaired) electrons. The molecule has 0 atom stereocenters. The molecule has 0 aliphatic rings. The van der Waals surface area contributed by atoms with Gasteiger partial charge in [-0.25, -0.2) is 4.79 Å². The van der Waals surface area contributed by atoms with E-state index in [0.717, 1.165) is 25.0 Å². The lowest BCUT2D eigenvalue weighted by molar-refractivity contribution is -0.131. The zero-order valence-corrected chi connectivity index (χ0v) is 13.4. The lowest BCUT2D eigenvalue weighted by atomic mass is 10.1. The molecule has 0 fully saturated rings. The molecular weight excluding hydrogens is 308 g/mol. The van der Waals surface area contributed by atoms with Gasteiger partial charge in [0.2, 0.25) is 0 Å². The van der Waals surface area contributed by atoms with Crippen molar-refractivity contribution in [1.29, 1.82) is 0 Å². The number of ether oxygens (including phenoxy) is 2. The van der Waals surface area contributed by atoms with E-state index in [2.05, 4.69) is 0 Å². The summed E-state index contributed by atoms with van der Waals surface area (Å²) in [7, 11) is 0. The number of hydrogen-bond acceptors (Lipinski definition) is 4. The van der Waals surface area contributed by atoms with Crippen molar-refractivity contribution in [2.75, 3.05) is 13.2 Å². The van der Waals surface area contributed by atoms with Gasteiger partial charge in [-0.3, -0.25) is 4.79 Å². The van der Waals surface area contributed by atoms with Crippen molar-refractivity contribution in [3.05, 3.63) is 34.9 Å². The summed E-state index contributed by atoms with van der Waals surface area (Å²) in [6.07, 6.45) is 3.36. The van der Waals surface area contributed by atoms with Crippen molar-refractivity contribution in [2.45, 2.75) is 26.7 Å². The number of allylic oxidation sites excluding steroid dienone is 1. The highest BCUT2D eigenvalue weighted by Gasteiger charge is 2.15. The minimum absolute atomic E-state index is 0.175. The zero-order chi connectivity index (χ0) is 16.5. The molecule has 0 bridgehead atoms. The average molecular weight is 327 g/mol. The van der Waals surface area contributed by atoms with Crippen LogP contribution >= 0.6 is 11.6 Å². The number of aliphatic carboxylic acids is 1. The Hall–Kier alpha value is -2.01. The minimum atomic E-state index is -1.20. The Morgan fingerprint density at radius 1 is 1.09 bits per heavy atom. The fourth-order valence-corrected chi connectivity index (χ4v) is 1.86. The molecule has 1 aromatic carbocycles. The molecule has 0 aliphatic heterocycles. The first-order valence-electron chi connectivity index (χ1n) is 7.04. The number of halogens is 1. The van der Waals surface area contributed by atoms with Crippen molar-refractivity contribution in [2.24, 2.45) is 0 Å². The van der Waals surface area contributed by atoms with Crippen LogP contribution in [0, 0.1) is 0 Å². The number of ketones is 1. The second kappa shape index (κ2) is 9.10. The Morgan fingerprint density at radius 2 is 1.64 bits per heavy atom. The van der Waals surface area contributed by atoms with Crippen LogP contribution < -0.4 is 9.47 Å². The Labute approximate surface area is 134 Å². The van der Waals surface area contributed by atoms with Gasteiger partial charge < -0.3 is 14.6 Å². The minimum Gasteiger partial charge on any atom is -0.490 e. The first kappa shape index (κ1) is 18.0. The van der Waals surface area contributed by atoms with Gasteiger partial charge in [0.1, 0.15) is 0 Å². The molecule has 0 spiro atoms. The Bertz CT molecular complexity index is 566. The van der Waals surface area contributed by atoms with Crippen molar-refractivity contribution in [3.8, 4) is 11.5 Å². The van der Waals surface area contributed by atoms with E-state index in [0.29, 0.717) is 24.7 Å². The highest BCUT2D eigenvalue weighted by molar-refractivity contribution is 6.35. The van der Waals surface area contributed by atoms with E-state index in [1.54, 1.807) is 0 Å². The van der Waals surface area contributed by atoms with Crippen LogP contribution in [0.5, 0.6) is 11.5 Å². The van der Waals surface area contributed by atoms with Crippen LogP contribution in [0.1, 0.15) is 37.0 Å². The summed E-state index contributed by atoms with van der Waals surface area (Å²) in [5.74, 6) is -0.809. The van der Waals surface area contributed by atoms with E-state index < -0.39 is 11.8 Å². The molecule has 0 aliphatic carbocycles. The quantitative estimate of drug-likeness (QED) is 0.552. The summed E-state index contributed by atoms with van der Waals surface area (Å²) in [4.78, 5) is 22.5. The third-order valence-corrected chi connectivity index (χ3v) is 2.91. The molecule has 0 heterocycles. The Kier molecular flexibility index (Phi) is 7.46. The fourth-order valence-electron chi connectivity index (χ4n) is 1.61. The van der Waals surface area contributed by atoms with Gasteiger partial charge in [0, 0.05) is 17.7 Å². The standard InChI is InChI=1S/C16H19ClO5/c1-3-7-21-14-9-11(13(18)5-6-16(19)20)12(17)10-15(14)22-8-4-2/h5-6,9-10H,3-4,7-8H2,1-2H3,(H,19,20)/b6-5+. The van der Waals surface area contributed by atoms with E-state index in [4.69, 9.17) is 26.2 Å². The Morgan fingerprint density at radius 3 is 2.14 bits per heavy atom. The monoisotopic (exact) mass is 326 g/mol. The summed E-state index contributed by atoms with van der Waals surface area (Å²) in [6, 6.07) is 3.00. The number of carboxylic acids is 1. The third-order valence-electron chi connectivity index (χ3n) is 2.60. The number of carbonyl (C=O) groups is 2. The van der Waals surface area contributed by atoms with Crippen molar-refractivity contribution >= 4 is 23.4 Å². The van der Waals surface area contributed by atoms with Gasteiger partial charge in [0.25, 0.3) is 0 Å². The topological polar surface area (TPSA) is 72.8 Å². The lowest BCUT2D eigenvalue weighted by Crippen LogP contribution is -2.04. The smallest absolute Gasteiger partial charge is 0.328 e. The molecule has 6 heteroatoms. The van der Waals surface area contributed by atoms with Crippen LogP contribution in [-0.2, 0) is 4.79 Å². The van der Waals surface area contributed by atoms with Crippen LogP contribution in [0.3, 0.4) is 0 Å². The van der Waals surface area contributed by atoms with Gasteiger partial charge in [0.05, 0.1) is 18.2 Å². The summed E-state index contributed by atoms with van der Waals surface area (Å²) in [6.45, 7) is 4.92. The molecule has 5 nitrogen and oxygen atoms in total. The van der Waals surface area contributed by atoms with Gasteiger partial charge in [-0.15, -0.1) is 0 Å². The maximum absolute atomic E-state index is 12.0. The number of rotatable bonds is 9. The van der Waals surface area contributed by atoms with Crippen molar-refractivity contribution < 1.29 is 24.2 Å². The van der Waals surface area contributed by atoms with E-state index >= 15 is 0 Å². The largest absolute Gasteiger partial charge is 0.490 e.